The van der Waals surface area contributed by atoms with Crippen LogP contribution >= 0.6 is 11.6 Å². The fourth-order valence-electron chi connectivity index (χ4n) is 3.31. The molecule has 2 fully saturated rings. The molecule has 0 unspecified atom stereocenters. The third-order valence-corrected chi connectivity index (χ3v) is 5.28. The Morgan fingerprint density at radius 2 is 2.00 bits per heavy atom. The molecule has 0 aliphatic carbocycles. The number of hydrogen-bond acceptors (Lipinski definition) is 3. The second-order valence-electron chi connectivity index (χ2n) is 6.85. The number of alkyl halides is 3. The highest BCUT2D eigenvalue weighted by molar-refractivity contribution is 6.31. The molecular weight excluding hydrogens is 425 g/mol. The molecule has 2 heterocycles. The maximum atomic E-state index is 14.6. The van der Waals surface area contributed by atoms with E-state index < -0.39 is 65.5 Å². The van der Waals surface area contributed by atoms with Gasteiger partial charge in [0.1, 0.15) is 22.7 Å². The van der Waals surface area contributed by atoms with Gasteiger partial charge in [-0.25, -0.2) is 13.6 Å². The van der Waals surface area contributed by atoms with Gasteiger partial charge in [0.2, 0.25) is 5.91 Å². The summed E-state index contributed by atoms with van der Waals surface area (Å²) in [5, 5.41) is 6.41. The van der Waals surface area contributed by atoms with Crippen LogP contribution in [0.4, 0.5) is 26.7 Å². The molecule has 0 bridgehead atoms. The predicted octanol–water partition coefficient (Wildman–Crippen LogP) is 2.81. The second-order valence-corrected chi connectivity index (χ2v) is 7.22. The van der Waals surface area contributed by atoms with Crippen molar-refractivity contribution < 1.29 is 36.3 Å². The Morgan fingerprint density at radius 1 is 1.28 bits per heavy atom. The number of amides is 3. The molecule has 160 valence electrons. The van der Waals surface area contributed by atoms with Crippen LogP contribution in [-0.4, -0.2) is 43.4 Å². The number of carbonyl (C=O) groups excluding carboxylic acids is 2. The minimum Gasteiger partial charge on any atom is -0.375 e. The van der Waals surface area contributed by atoms with Crippen LogP contribution < -0.4 is 16.0 Å². The highest BCUT2D eigenvalue weighted by Gasteiger charge is 2.44. The van der Waals surface area contributed by atoms with Crippen LogP contribution in [0.3, 0.4) is 0 Å². The smallest absolute Gasteiger partial charge is 0.375 e. The van der Waals surface area contributed by atoms with Gasteiger partial charge >= 0.3 is 12.2 Å². The standard InChI is InChI=1S/C17H17ClF5N3O3/c18-12-9(19)3-2-8(13(12)20)14(26-15(27)10-5-24-16(28)25-10)11-4-1-7(6-29-11)17(21,22)23/h2-3,7,10-11,14H,1,4-6H2,(H,26,27)(H2,24,25,28)/t7-,10-,11+,14+/m0/s1. The molecule has 6 nitrogen and oxygen atoms in total. The number of benzene rings is 1. The average molecular weight is 442 g/mol. The van der Waals surface area contributed by atoms with E-state index in [2.05, 4.69) is 16.0 Å². The topological polar surface area (TPSA) is 79.5 Å². The van der Waals surface area contributed by atoms with Crippen molar-refractivity contribution in [2.24, 2.45) is 5.92 Å². The first-order valence-corrected chi connectivity index (χ1v) is 9.12. The molecule has 2 aliphatic rings. The summed E-state index contributed by atoms with van der Waals surface area (Å²) in [6, 6.07) is -0.825. The van der Waals surface area contributed by atoms with E-state index in [9.17, 15) is 31.5 Å². The van der Waals surface area contributed by atoms with Crippen molar-refractivity contribution in [3.63, 3.8) is 0 Å². The molecule has 0 radical (unpaired) electrons. The first kappa shape index (κ1) is 21.6. The molecule has 1 aromatic rings. The summed E-state index contributed by atoms with van der Waals surface area (Å²) < 4.78 is 72.1. The Bertz CT molecular complexity index is 799. The normalized spacial score (nSPS) is 25.9. The Kier molecular flexibility index (Phi) is 6.18. The van der Waals surface area contributed by atoms with Crippen molar-refractivity contribution >= 4 is 23.5 Å². The highest BCUT2D eigenvalue weighted by atomic mass is 35.5. The van der Waals surface area contributed by atoms with Crippen molar-refractivity contribution in [3.05, 3.63) is 34.4 Å². The largest absolute Gasteiger partial charge is 0.394 e. The molecule has 4 atom stereocenters. The zero-order chi connectivity index (χ0) is 21.3. The van der Waals surface area contributed by atoms with Gasteiger partial charge in [-0.05, 0) is 18.9 Å². The van der Waals surface area contributed by atoms with Crippen molar-refractivity contribution in [3.8, 4) is 0 Å². The van der Waals surface area contributed by atoms with Crippen molar-refractivity contribution in [1.82, 2.24) is 16.0 Å². The maximum absolute atomic E-state index is 14.6. The van der Waals surface area contributed by atoms with Gasteiger partial charge in [0, 0.05) is 12.1 Å². The summed E-state index contributed by atoms with van der Waals surface area (Å²) in [6.45, 7) is -0.676. The number of carbonyl (C=O) groups is 2. The molecular formula is C17H17ClF5N3O3. The summed E-state index contributed by atoms with van der Waals surface area (Å²) in [5.41, 5.74) is -0.225. The number of nitrogens with one attached hydrogen (secondary N) is 3. The monoisotopic (exact) mass is 441 g/mol. The van der Waals surface area contributed by atoms with Crippen LogP contribution in [0.5, 0.6) is 0 Å². The Hall–Kier alpha value is -2.14. The molecule has 2 aliphatic heterocycles. The van der Waals surface area contributed by atoms with Gasteiger partial charge in [0.15, 0.2) is 0 Å². The third-order valence-electron chi connectivity index (χ3n) is 4.93. The molecule has 0 spiro atoms. The van der Waals surface area contributed by atoms with Crippen molar-refractivity contribution in [1.29, 1.82) is 0 Å². The van der Waals surface area contributed by atoms with E-state index in [1.165, 1.54) is 0 Å². The minimum absolute atomic E-state index is 0.0221. The summed E-state index contributed by atoms with van der Waals surface area (Å²) in [6.07, 6.45) is -5.84. The van der Waals surface area contributed by atoms with Crippen molar-refractivity contribution in [2.45, 2.75) is 37.2 Å². The van der Waals surface area contributed by atoms with E-state index in [0.29, 0.717) is 0 Å². The number of halogens is 6. The number of urea groups is 1. The van der Waals surface area contributed by atoms with Crippen LogP contribution in [0.2, 0.25) is 5.02 Å². The van der Waals surface area contributed by atoms with Crippen LogP contribution in [0, 0.1) is 17.6 Å². The fraction of sp³-hybridized carbons (Fsp3) is 0.529. The fourth-order valence-corrected chi connectivity index (χ4v) is 3.48. The lowest BCUT2D eigenvalue weighted by atomic mass is 9.90. The summed E-state index contributed by atoms with van der Waals surface area (Å²) in [4.78, 5) is 23.7. The van der Waals surface area contributed by atoms with Gasteiger partial charge < -0.3 is 20.7 Å². The van der Waals surface area contributed by atoms with E-state index in [-0.39, 0.29) is 24.9 Å². The summed E-state index contributed by atoms with van der Waals surface area (Å²) in [7, 11) is 0. The average Bonchev–Trinajstić information content (AvgIpc) is 3.11. The lowest BCUT2D eigenvalue weighted by molar-refractivity contribution is -0.210. The first-order chi connectivity index (χ1) is 13.6. The molecule has 29 heavy (non-hydrogen) atoms. The van der Waals surface area contributed by atoms with Gasteiger partial charge in [-0.1, -0.05) is 17.7 Å². The molecule has 3 rings (SSSR count). The number of rotatable bonds is 4. The quantitative estimate of drug-likeness (QED) is 0.496. The third kappa shape index (κ3) is 4.72. The van der Waals surface area contributed by atoms with Gasteiger partial charge in [-0.15, -0.1) is 0 Å². The molecule has 1 aromatic carbocycles. The van der Waals surface area contributed by atoms with E-state index in [1.54, 1.807) is 0 Å². The summed E-state index contributed by atoms with van der Waals surface area (Å²) in [5.74, 6) is -4.54. The Labute approximate surface area is 167 Å². The molecule has 2 saturated heterocycles. The minimum atomic E-state index is -4.44. The number of hydrogen-bond donors (Lipinski definition) is 3. The zero-order valence-corrected chi connectivity index (χ0v) is 15.5. The zero-order valence-electron chi connectivity index (χ0n) is 14.8. The molecule has 12 heteroatoms. The Balaban J connectivity index is 1.83. The predicted molar refractivity (Wildman–Crippen MR) is 91.1 cm³/mol. The van der Waals surface area contributed by atoms with Gasteiger partial charge in [0.05, 0.1) is 24.7 Å². The molecule has 0 saturated carbocycles. The first-order valence-electron chi connectivity index (χ1n) is 8.74. The van der Waals surface area contributed by atoms with Crippen molar-refractivity contribution in [2.75, 3.05) is 13.2 Å². The Morgan fingerprint density at radius 3 is 2.55 bits per heavy atom. The molecule has 3 amide bonds. The highest BCUT2D eigenvalue weighted by Crippen LogP contribution is 2.38. The number of ether oxygens (including phenoxy) is 1. The van der Waals surface area contributed by atoms with E-state index in [1.807, 2.05) is 0 Å². The van der Waals surface area contributed by atoms with E-state index in [0.717, 1.165) is 12.1 Å². The van der Waals surface area contributed by atoms with Crippen LogP contribution in [0.25, 0.3) is 0 Å². The van der Waals surface area contributed by atoms with Crippen LogP contribution in [-0.2, 0) is 9.53 Å². The SMILES string of the molecule is O=C1NC[C@@H](C(=O)N[C@H](c2ccc(F)c(Cl)c2F)[C@H]2CC[C@H](C(F)(F)F)CO2)N1. The maximum Gasteiger partial charge on any atom is 0.394 e. The summed E-state index contributed by atoms with van der Waals surface area (Å²) >= 11 is 5.61. The van der Waals surface area contributed by atoms with E-state index >= 15 is 0 Å². The van der Waals surface area contributed by atoms with Gasteiger partial charge in [-0.2, -0.15) is 13.2 Å². The van der Waals surface area contributed by atoms with Crippen LogP contribution in [0.1, 0.15) is 24.4 Å². The lowest BCUT2D eigenvalue weighted by Crippen LogP contribution is -2.49. The second kappa shape index (κ2) is 8.31. The lowest BCUT2D eigenvalue weighted by Gasteiger charge is -2.35. The van der Waals surface area contributed by atoms with Gasteiger partial charge in [0.25, 0.3) is 0 Å². The van der Waals surface area contributed by atoms with Gasteiger partial charge in [-0.3, -0.25) is 4.79 Å². The van der Waals surface area contributed by atoms with Crippen LogP contribution in [0.15, 0.2) is 12.1 Å². The molecule has 3 N–H and O–H groups in total. The molecule has 0 aromatic heterocycles. The van der Waals surface area contributed by atoms with E-state index in [4.69, 9.17) is 16.3 Å².